The van der Waals surface area contributed by atoms with Crippen molar-refractivity contribution >= 4 is 23.5 Å². The van der Waals surface area contributed by atoms with E-state index in [1.807, 2.05) is 50.8 Å². The topological polar surface area (TPSA) is 66.0 Å². The zero-order chi connectivity index (χ0) is 19.4. The third-order valence-corrected chi connectivity index (χ3v) is 4.08. The fourth-order valence-electron chi connectivity index (χ4n) is 2.38. The monoisotopic (exact) mass is 382 g/mol. The molecule has 146 valence electrons. The SMILES string of the molecule is CCNC(=NCC(C)Oc1ccccc1Cl)NCCC(=O)N(CC)CC. The summed E-state index contributed by atoms with van der Waals surface area (Å²) in [5.41, 5.74) is 0. The maximum atomic E-state index is 12.0. The number of nitrogens with one attached hydrogen (secondary N) is 2. The summed E-state index contributed by atoms with van der Waals surface area (Å²) in [6.07, 6.45) is 0.320. The van der Waals surface area contributed by atoms with Gasteiger partial charge in [0.05, 0.1) is 11.6 Å². The molecule has 0 aromatic heterocycles. The van der Waals surface area contributed by atoms with Gasteiger partial charge in [0.15, 0.2) is 5.96 Å². The predicted octanol–water partition coefficient (Wildman–Crippen LogP) is 2.92. The highest BCUT2D eigenvalue weighted by Crippen LogP contribution is 2.24. The fourth-order valence-corrected chi connectivity index (χ4v) is 2.56. The first-order valence-corrected chi connectivity index (χ1v) is 9.60. The van der Waals surface area contributed by atoms with Crippen LogP contribution in [0.15, 0.2) is 29.3 Å². The Morgan fingerprint density at radius 2 is 1.92 bits per heavy atom. The minimum absolute atomic E-state index is 0.123. The van der Waals surface area contributed by atoms with Gasteiger partial charge < -0.3 is 20.3 Å². The molecule has 1 atom stereocenters. The van der Waals surface area contributed by atoms with Crippen LogP contribution in [0, 0.1) is 0 Å². The molecule has 1 aromatic rings. The van der Waals surface area contributed by atoms with Crippen LogP contribution in [0.5, 0.6) is 5.75 Å². The van der Waals surface area contributed by atoms with E-state index in [1.54, 1.807) is 6.07 Å². The molecule has 26 heavy (non-hydrogen) atoms. The molecule has 0 radical (unpaired) electrons. The lowest BCUT2D eigenvalue weighted by Gasteiger charge is -2.19. The van der Waals surface area contributed by atoms with Gasteiger partial charge in [-0.1, -0.05) is 23.7 Å². The van der Waals surface area contributed by atoms with Gasteiger partial charge in [0.2, 0.25) is 5.91 Å². The Morgan fingerprint density at radius 3 is 2.54 bits per heavy atom. The Hall–Kier alpha value is -1.95. The molecule has 0 heterocycles. The number of ether oxygens (including phenoxy) is 1. The molecule has 1 amide bonds. The predicted molar refractivity (Wildman–Crippen MR) is 108 cm³/mol. The quantitative estimate of drug-likeness (QED) is 0.482. The lowest BCUT2D eigenvalue weighted by molar-refractivity contribution is -0.130. The van der Waals surface area contributed by atoms with Crippen molar-refractivity contribution in [2.75, 3.05) is 32.7 Å². The molecule has 1 unspecified atom stereocenters. The maximum Gasteiger partial charge on any atom is 0.224 e. The summed E-state index contributed by atoms with van der Waals surface area (Å²) >= 11 is 6.11. The van der Waals surface area contributed by atoms with E-state index in [9.17, 15) is 4.79 Å². The average Bonchev–Trinajstić information content (AvgIpc) is 2.62. The van der Waals surface area contributed by atoms with Crippen LogP contribution < -0.4 is 15.4 Å². The molecular weight excluding hydrogens is 352 g/mol. The van der Waals surface area contributed by atoms with Crippen molar-refractivity contribution in [3.63, 3.8) is 0 Å². The number of benzene rings is 1. The lowest BCUT2D eigenvalue weighted by atomic mass is 10.3. The minimum Gasteiger partial charge on any atom is -0.487 e. The summed E-state index contributed by atoms with van der Waals surface area (Å²) in [4.78, 5) is 18.4. The number of hydrogen-bond acceptors (Lipinski definition) is 3. The van der Waals surface area contributed by atoms with Gasteiger partial charge in [0.1, 0.15) is 11.9 Å². The Morgan fingerprint density at radius 1 is 1.23 bits per heavy atom. The standard InChI is InChI=1S/C19H31ClN4O2/c1-5-21-19(22-13-12-18(25)24(6-2)7-3)23-14-15(4)26-17-11-9-8-10-16(17)20/h8-11,15H,5-7,12-14H2,1-4H3,(H2,21,22,23). The average molecular weight is 383 g/mol. The highest BCUT2D eigenvalue weighted by atomic mass is 35.5. The van der Waals surface area contributed by atoms with Crippen molar-refractivity contribution in [1.82, 2.24) is 15.5 Å². The van der Waals surface area contributed by atoms with Crippen molar-refractivity contribution < 1.29 is 9.53 Å². The number of carbonyl (C=O) groups is 1. The van der Waals surface area contributed by atoms with E-state index in [-0.39, 0.29) is 12.0 Å². The van der Waals surface area contributed by atoms with E-state index in [0.29, 0.717) is 36.2 Å². The van der Waals surface area contributed by atoms with Crippen LogP contribution in [0.2, 0.25) is 5.02 Å². The number of para-hydroxylation sites is 1. The molecule has 2 N–H and O–H groups in total. The van der Waals surface area contributed by atoms with Crippen LogP contribution in [-0.2, 0) is 4.79 Å². The highest BCUT2D eigenvalue weighted by Gasteiger charge is 2.10. The highest BCUT2D eigenvalue weighted by molar-refractivity contribution is 6.32. The number of carbonyl (C=O) groups excluding carboxylic acids is 1. The van der Waals surface area contributed by atoms with Gasteiger partial charge >= 0.3 is 0 Å². The van der Waals surface area contributed by atoms with E-state index >= 15 is 0 Å². The van der Waals surface area contributed by atoms with Crippen LogP contribution in [-0.4, -0.2) is 55.6 Å². The van der Waals surface area contributed by atoms with Gasteiger partial charge in [-0.25, -0.2) is 4.99 Å². The summed E-state index contributed by atoms with van der Waals surface area (Å²) in [5.74, 6) is 1.47. The van der Waals surface area contributed by atoms with E-state index < -0.39 is 0 Å². The van der Waals surface area contributed by atoms with E-state index in [1.165, 1.54) is 0 Å². The molecule has 0 saturated carbocycles. The summed E-state index contributed by atoms with van der Waals surface area (Å²) in [7, 11) is 0. The second-order valence-corrected chi connectivity index (χ2v) is 6.23. The van der Waals surface area contributed by atoms with Crippen LogP contribution in [0.3, 0.4) is 0 Å². The van der Waals surface area contributed by atoms with Crippen molar-refractivity contribution in [2.45, 2.75) is 40.2 Å². The number of guanidine groups is 1. The molecule has 0 aliphatic rings. The minimum atomic E-state index is -0.123. The smallest absolute Gasteiger partial charge is 0.224 e. The zero-order valence-electron chi connectivity index (χ0n) is 16.2. The first kappa shape index (κ1) is 22.1. The number of rotatable bonds is 10. The van der Waals surface area contributed by atoms with Crippen molar-refractivity contribution in [3.05, 3.63) is 29.3 Å². The third-order valence-electron chi connectivity index (χ3n) is 3.76. The Labute approximate surface area is 162 Å². The first-order valence-electron chi connectivity index (χ1n) is 9.22. The molecule has 0 saturated heterocycles. The molecule has 0 fully saturated rings. The third kappa shape index (κ3) is 7.95. The Balaban J connectivity index is 2.49. The van der Waals surface area contributed by atoms with Crippen LogP contribution in [0.4, 0.5) is 0 Å². The molecular formula is C19H31ClN4O2. The Kier molecular flexibility index (Phi) is 10.5. The van der Waals surface area contributed by atoms with E-state index in [0.717, 1.165) is 19.6 Å². The fraction of sp³-hybridized carbons (Fsp3) is 0.579. The summed E-state index contributed by atoms with van der Waals surface area (Å²) in [5, 5.41) is 6.96. The number of aliphatic imine (C=N–C) groups is 1. The second-order valence-electron chi connectivity index (χ2n) is 5.82. The van der Waals surface area contributed by atoms with Crippen LogP contribution >= 0.6 is 11.6 Å². The molecule has 1 aromatic carbocycles. The van der Waals surface area contributed by atoms with Crippen molar-refractivity contribution in [2.24, 2.45) is 4.99 Å². The molecule has 0 bridgehead atoms. The van der Waals surface area contributed by atoms with Gasteiger partial charge in [-0.2, -0.15) is 0 Å². The van der Waals surface area contributed by atoms with Crippen LogP contribution in [0.25, 0.3) is 0 Å². The van der Waals surface area contributed by atoms with Crippen LogP contribution in [0.1, 0.15) is 34.1 Å². The number of nitrogens with zero attached hydrogens (tertiary/aromatic N) is 2. The molecule has 1 rings (SSSR count). The summed E-state index contributed by atoms with van der Waals surface area (Å²) in [6.45, 7) is 11.2. The Bertz CT molecular complexity index is 576. The van der Waals surface area contributed by atoms with E-state index in [2.05, 4.69) is 15.6 Å². The number of halogens is 1. The largest absolute Gasteiger partial charge is 0.487 e. The van der Waals surface area contributed by atoms with Gasteiger partial charge in [0.25, 0.3) is 0 Å². The molecule has 7 heteroatoms. The van der Waals surface area contributed by atoms with Gasteiger partial charge in [-0.15, -0.1) is 0 Å². The van der Waals surface area contributed by atoms with Gasteiger partial charge in [-0.05, 0) is 39.8 Å². The van der Waals surface area contributed by atoms with Gasteiger partial charge in [0, 0.05) is 32.6 Å². The second kappa shape index (κ2) is 12.4. The maximum absolute atomic E-state index is 12.0. The summed E-state index contributed by atoms with van der Waals surface area (Å²) < 4.78 is 5.82. The first-order chi connectivity index (χ1) is 12.5. The van der Waals surface area contributed by atoms with Gasteiger partial charge in [-0.3, -0.25) is 4.79 Å². The lowest BCUT2D eigenvalue weighted by Crippen LogP contribution is -2.40. The molecule has 0 aliphatic heterocycles. The van der Waals surface area contributed by atoms with Crippen molar-refractivity contribution in [1.29, 1.82) is 0 Å². The number of amides is 1. The van der Waals surface area contributed by atoms with Crippen molar-refractivity contribution in [3.8, 4) is 5.75 Å². The molecule has 0 spiro atoms. The summed E-state index contributed by atoms with van der Waals surface area (Å²) in [6, 6.07) is 7.39. The molecule has 6 nitrogen and oxygen atoms in total. The zero-order valence-corrected chi connectivity index (χ0v) is 17.0. The normalized spacial score (nSPS) is 12.4. The number of hydrogen-bond donors (Lipinski definition) is 2. The van der Waals surface area contributed by atoms with E-state index in [4.69, 9.17) is 16.3 Å². The molecule has 0 aliphatic carbocycles.